The third-order valence-corrected chi connectivity index (χ3v) is 4.70. The van der Waals surface area contributed by atoms with Crippen LogP contribution in [-0.4, -0.2) is 6.04 Å². The molecule has 1 aromatic heterocycles. The van der Waals surface area contributed by atoms with Crippen molar-refractivity contribution in [1.29, 1.82) is 0 Å². The first-order valence-corrected chi connectivity index (χ1v) is 6.81. The van der Waals surface area contributed by atoms with Crippen LogP contribution in [0, 0.1) is 12.8 Å². The molecule has 1 aromatic rings. The molecule has 1 aliphatic carbocycles. The normalized spacial score (nSPS) is 28.2. The van der Waals surface area contributed by atoms with Crippen molar-refractivity contribution < 1.29 is 0 Å². The third-order valence-electron chi connectivity index (χ3n) is 3.51. The van der Waals surface area contributed by atoms with Crippen LogP contribution >= 0.6 is 11.3 Å². The molecule has 0 spiro atoms. The zero-order valence-corrected chi connectivity index (χ0v) is 10.7. The Morgan fingerprint density at radius 1 is 1.40 bits per heavy atom. The summed E-state index contributed by atoms with van der Waals surface area (Å²) >= 11 is 1.92. The average molecular weight is 223 g/mol. The summed E-state index contributed by atoms with van der Waals surface area (Å²) in [6.07, 6.45) is 4.15. The molecule has 3 atom stereocenters. The topological polar surface area (TPSA) is 12.0 Å². The van der Waals surface area contributed by atoms with Gasteiger partial charge in [0.05, 0.1) is 0 Å². The van der Waals surface area contributed by atoms with Gasteiger partial charge in [0.1, 0.15) is 0 Å². The number of aryl methyl sites for hydroxylation is 1. The Labute approximate surface area is 96.9 Å². The number of hydrogen-bond acceptors (Lipinski definition) is 2. The second-order valence-electron chi connectivity index (χ2n) is 4.85. The summed E-state index contributed by atoms with van der Waals surface area (Å²) in [6.45, 7) is 6.84. The molecule has 0 bridgehead atoms. The average Bonchev–Trinajstić information content (AvgIpc) is 2.77. The molecule has 1 saturated carbocycles. The Morgan fingerprint density at radius 2 is 2.20 bits per heavy atom. The van der Waals surface area contributed by atoms with Gasteiger partial charge in [0.15, 0.2) is 0 Å². The summed E-state index contributed by atoms with van der Waals surface area (Å²) in [5, 5.41) is 3.77. The Morgan fingerprint density at radius 3 is 2.73 bits per heavy atom. The van der Waals surface area contributed by atoms with Crippen LogP contribution in [0.1, 0.15) is 48.9 Å². The Bertz CT molecular complexity index is 318. The highest BCUT2D eigenvalue weighted by molar-refractivity contribution is 7.12. The van der Waals surface area contributed by atoms with Gasteiger partial charge in [0.25, 0.3) is 0 Å². The number of rotatable bonds is 3. The lowest BCUT2D eigenvalue weighted by Crippen LogP contribution is -2.32. The summed E-state index contributed by atoms with van der Waals surface area (Å²) < 4.78 is 0. The summed E-state index contributed by atoms with van der Waals surface area (Å²) in [5.74, 6) is 0.855. The van der Waals surface area contributed by atoms with Crippen LogP contribution in [-0.2, 0) is 0 Å². The first-order valence-electron chi connectivity index (χ1n) is 5.99. The van der Waals surface area contributed by atoms with Crippen molar-refractivity contribution in [3.05, 3.63) is 21.9 Å². The number of hydrogen-bond donors (Lipinski definition) is 1. The maximum Gasteiger partial charge on any atom is 0.0388 e. The number of nitrogens with one attached hydrogen (secondary N) is 1. The van der Waals surface area contributed by atoms with Gasteiger partial charge in [-0.2, -0.15) is 0 Å². The molecule has 2 rings (SSSR count). The summed E-state index contributed by atoms with van der Waals surface area (Å²) in [4.78, 5) is 2.89. The van der Waals surface area contributed by atoms with Crippen LogP contribution in [0.2, 0.25) is 0 Å². The van der Waals surface area contributed by atoms with E-state index in [9.17, 15) is 0 Å². The van der Waals surface area contributed by atoms with Crippen molar-refractivity contribution in [3.8, 4) is 0 Å². The van der Waals surface area contributed by atoms with Gasteiger partial charge in [-0.3, -0.25) is 0 Å². The van der Waals surface area contributed by atoms with E-state index in [4.69, 9.17) is 0 Å². The van der Waals surface area contributed by atoms with E-state index in [-0.39, 0.29) is 0 Å². The van der Waals surface area contributed by atoms with E-state index in [0.717, 1.165) is 12.0 Å². The van der Waals surface area contributed by atoms with Crippen molar-refractivity contribution in [3.63, 3.8) is 0 Å². The molecular weight excluding hydrogens is 202 g/mol. The molecule has 1 fully saturated rings. The second-order valence-corrected chi connectivity index (χ2v) is 6.17. The Kier molecular flexibility index (Phi) is 3.47. The van der Waals surface area contributed by atoms with E-state index in [1.807, 2.05) is 11.3 Å². The van der Waals surface area contributed by atoms with Crippen molar-refractivity contribution in [1.82, 2.24) is 5.32 Å². The van der Waals surface area contributed by atoms with Gasteiger partial charge in [-0.15, -0.1) is 11.3 Å². The molecular formula is C13H21NS. The van der Waals surface area contributed by atoms with Gasteiger partial charge in [-0.05, 0) is 44.7 Å². The van der Waals surface area contributed by atoms with Crippen molar-refractivity contribution in [2.75, 3.05) is 0 Å². The molecule has 3 unspecified atom stereocenters. The molecule has 0 aromatic carbocycles. The molecule has 0 amide bonds. The third kappa shape index (κ3) is 2.61. The van der Waals surface area contributed by atoms with Gasteiger partial charge in [0.2, 0.25) is 0 Å². The SMILES string of the molecule is Cc1ccc(C(C)NC2CCCC2C)s1. The maximum absolute atomic E-state index is 3.77. The predicted molar refractivity (Wildman–Crippen MR) is 67.4 cm³/mol. The lowest BCUT2D eigenvalue weighted by Gasteiger charge is -2.22. The molecule has 0 radical (unpaired) electrons. The molecule has 1 aliphatic rings. The van der Waals surface area contributed by atoms with Gasteiger partial charge in [-0.1, -0.05) is 13.3 Å². The maximum atomic E-state index is 3.77. The molecule has 1 N–H and O–H groups in total. The fourth-order valence-electron chi connectivity index (χ4n) is 2.48. The summed E-state index contributed by atoms with van der Waals surface area (Å²) in [7, 11) is 0. The molecule has 2 heteroatoms. The predicted octanol–water partition coefficient (Wildman–Crippen LogP) is 3.90. The van der Waals surface area contributed by atoms with Crippen LogP contribution in [0.4, 0.5) is 0 Å². The van der Waals surface area contributed by atoms with Gasteiger partial charge < -0.3 is 5.32 Å². The minimum absolute atomic E-state index is 0.522. The molecule has 15 heavy (non-hydrogen) atoms. The van der Waals surface area contributed by atoms with E-state index in [0.29, 0.717) is 6.04 Å². The van der Waals surface area contributed by atoms with E-state index in [1.165, 1.54) is 29.0 Å². The molecule has 1 heterocycles. The lowest BCUT2D eigenvalue weighted by atomic mass is 10.1. The molecule has 0 saturated heterocycles. The van der Waals surface area contributed by atoms with E-state index < -0.39 is 0 Å². The monoisotopic (exact) mass is 223 g/mol. The van der Waals surface area contributed by atoms with Crippen LogP contribution < -0.4 is 5.32 Å². The highest BCUT2D eigenvalue weighted by Crippen LogP contribution is 2.29. The van der Waals surface area contributed by atoms with Crippen LogP contribution in [0.15, 0.2) is 12.1 Å². The minimum Gasteiger partial charge on any atom is -0.306 e. The molecule has 84 valence electrons. The zero-order valence-electron chi connectivity index (χ0n) is 9.92. The smallest absolute Gasteiger partial charge is 0.0388 e. The lowest BCUT2D eigenvalue weighted by molar-refractivity contribution is 0.391. The first-order chi connectivity index (χ1) is 7.16. The van der Waals surface area contributed by atoms with Crippen molar-refractivity contribution in [2.24, 2.45) is 5.92 Å². The highest BCUT2D eigenvalue weighted by Gasteiger charge is 2.24. The first kappa shape index (κ1) is 11.2. The van der Waals surface area contributed by atoms with Crippen LogP contribution in [0.5, 0.6) is 0 Å². The summed E-state index contributed by atoms with van der Waals surface area (Å²) in [5.41, 5.74) is 0. The van der Waals surface area contributed by atoms with E-state index in [1.54, 1.807) is 0 Å². The van der Waals surface area contributed by atoms with E-state index in [2.05, 4.69) is 38.2 Å². The van der Waals surface area contributed by atoms with Crippen LogP contribution in [0.3, 0.4) is 0 Å². The Balaban J connectivity index is 1.94. The summed E-state index contributed by atoms with van der Waals surface area (Å²) in [6, 6.07) is 5.74. The van der Waals surface area contributed by atoms with Crippen molar-refractivity contribution >= 4 is 11.3 Å². The van der Waals surface area contributed by atoms with E-state index >= 15 is 0 Å². The second kappa shape index (κ2) is 4.67. The molecule has 0 aliphatic heterocycles. The zero-order chi connectivity index (χ0) is 10.8. The fraction of sp³-hybridized carbons (Fsp3) is 0.692. The number of thiophene rings is 1. The quantitative estimate of drug-likeness (QED) is 0.819. The van der Waals surface area contributed by atoms with Gasteiger partial charge in [0, 0.05) is 21.8 Å². The Hall–Kier alpha value is -0.340. The van der Waals surface area contributed by atoms with Gasteiger partial charge in [-0.25, -0.2) is 0 Å². The highest BCUT2D eigenvalue weighted by atomic mass is 32.1. The minimum atomic E-state index is 0.522. The van der Waals surface area contributed by atoms with Gasteiger partial charge >= 0.3 is 0 Å². The van der Waals surface area contributed by atoms with Crippen LogP contribution in [0.25, 0.3) is 0 Å². The largest absolute Gasteiger partial charge is 0.306 e. The molecule has 1 nitrogen and oxygen atoms in total. The fourth-order valence-corrected chi connectivity index (χ4v) is 3.37. The van der Waals surface area contributed by atoms with Crippen molar-refractivity contribution in [2.45, 2.75) is 52.1 Å². The standard InChI is InChI=1S/C13H21NS/c1-9-5-4-6-12(9)14-11(3)13-8-7-10(2)15-13/h7-9,11-12,14H,4-6H2,1-3H3.